The van der Waals surface area contributed by atoms with Crippen LogP contribution in [0.4, 0.5) is 11.4 Å². The average molecular weight is 493 g/mol. The molecular weight excluding hydrogens is 472 g/mol. The number of ether oxygens (including phenoxy) is 2. The van der Waals surface area contributed by atoms with E-state index >= 15 is 0 Å². The molecule has 33 heavy (non-hydrogen) atoms. The quantitative estimate of drug-likeness (QED) is 0.413. The van der Waals surface area contributed by atoms with E-state index in [4.69, 9.17) is 9.47 Å². The Morgan fingerprint density at radius 2 is 1.48 bits per heavy atom. The Morgan fingerprint density at radius 3 is 2.15 bits per heavy atom. The summed E-state index contributed by atoms with van der Waals surface area (Å²) in [7, 11) is -5.76. The summed E-state index contributed by atoms with van der Waals surface area (Å²) in [4.78, 5) is 10.6. The molecule has 0 radical (unpaired) electrons. The third-order valence-electron chi connectivity index (χ3n) is 4.45. The van der Waals surface area contributed by atoms with Gasteiger partial charge in [0.1, 0.15) is 16.4 Å². The first-order valence-electron chi connectivity index (χ1n) is 9.27. The lowest BCUT2D eigenvalue weighted by Crippen LogP contribution is -2.17. The molecule has 0 bridgehead atoms. The van der Waals surface area contributed by atoms with E-state index in [0.29, 0.717) is 5.75 Å². The summed E-state index contributed by atoms with van der Waals surface area (Å²) in [5.41, 5.74) is -0.101. The van der Waals surface area contributed by atoms with Crippen LogP contribution in [-0.4, -0.2) is 42.1 Å². The summed E-state index contributed by atoms with van der Waals surface area (Å²) >= 11 is 0. The van der Waals surface area contributed by atoms with Crippen molar-refractivity contribution in [3.05, 3.63) is 72.3 Å². The Kier molecular flexibility index (Phi) is 6.79. The predicted octanol–water partition coefficient (Wildman–Crippen LogP) is 3.00. The van der Waals surface area contributed by atoms with Crippen LogP contribution < -0.4 is 18.9 Å². The molecule has 0 saturated heterocycles. The maximum Gasteiger partial charge on any atom is 0.335 e. The number of methoxy groups -OCH3 is 2. The predicted molar refractivity (Wildman–Crippen MR) is 121 cm³/mol. The van der Waals surface area contributed by atoms with Crippen LogP contribution in [0.25, 0.3) is 0 Å². The number of para-hydroxylation sites is 2. The van der Waals surface area contributed by atoms with Crippen molar-refractivity contribution in [2.45, 2.75) is 9.79 Å². The molecule has 0 amide bonds. The third kappa shape index (κ3) is 5.35. The molecule has 0 heterocycles. The van der Waals surface area contributed by atoms with Crippen molar-refractivity contribution in [3.63, 3.8) is 0 Å². The zero-order valence-corrected chi connectivity index (χ0v) is 19.1. The Bertz CT molecular complexity index is 1400. The van der Waals surface area contributed by atoms with Gasteiger partial charge in [0, 0.05) is 0 Å². The molecule has 3 rings (SSSR count). The molecular formula is C21H20N2O8S2. The summed E-state index contributed by atoms with van der Waals surface area (Å²) in [6.45, 7) is 0. The zero-order chi connectivity index (χ0) is 24.2. The molecule has 3 aromatic carbocycles. The molecule has 10 nitrogen and oxygen atoms in total. The second-order valence-electron chi connectivity index (χ2n) is 6.61. The van der Waals surface area contributed by atoms with E-state index < -0.39 is 30.9 Å². The fourth-order valence-electron chi connectivity index (χ4n) is 2.89. The molecule has 0 aliphatic rings. The van der Waals surface area contributed by atoms with Gasteiger partial charge in [-0.3, -0.25) is 9.44 Å². The Balaban J connectivity index is 1.94. The van der Waals surface area contributed by atoms with Crippen LogP contribution >= 0.6 is 0 Å². The van der Waals surface area contributed by atoms with Gasteiger partial charge in [-0.25, -0.2) is 21.6 Å². The van der Waals surface area contributed by atoms with E-state index in [1.807, 2.05) is 0 Å². The van der Waals surface area contributed by atoms with E-state index in [2.05, 4.69) is 9.44 Å². The molecule has 0 aliphatic heterocycles. The number of sulfonamides is 2. The van der Waals surface area contributed by atoms with Gasteiger partial charge in [0.2, 0.25) is 0 Å². The van der Waals surface area contributed by atoms with Crippen molar-refractivity contribution >= 4 is 37.4 Å². The number of carboxylic acids is 1. The summed E-state index contributed by atoms with van der Waals surface area (Å²) in [6.07, 6.45) is 0. The number of rotatable bonds is 9. The monoisotopic (exact) mass is 492 g/mol. The first-order valence-corrected chi connectivity index (χ1v) is 12.2. The molecule has 3 N–H and O–H groups in total. The number of hydrogen-bond donors (Lipinski definition) is 3. The highest BCUT2D eigenvalue weighted by atomic mass is 32.2. The minimum Gasteiger partial charge on any atom is -0.495 e. The normalized spacial score (nSPS) is 11.5. The van der Waals surface area contributed by atoms with E-state index in [1.54, 1.807) is 18.2 Å². The lowest BCUT2D eigenvalue weighted by molar-refractivity contribution is 0.0696. The van der Waals surface area contributed by atoms with E-state index in [9.17, 15) is 26.7 Å². The Hall–Kier alpha value is -3.77. The summed E-state index contributed by atoms with van der Waals surface area (Å²) in [5.74, 6) is -1.08. The molecule has 3 aromatic rings. The lowest BCUT2D eigenvalue weighted by Gasteiger charge is -2.14. The topological polar surface area (TPSA) is 148 Å². The van der Waals surface area contributed by atoms with Gasteiger partial charge in [-0.05, 0) is 48.5 Å². The van der Waals surface area contributed by atoms with Crippen LogP contribution in [0.1, 0.15) is 10.4 Å². The van der Waals surface area contributed by atoms with Gasteiger partial charge in [0.05, 0.1) is 36.1 Å². The highest BCUT2D eigenvalue weighted by molar-refractivity contribution is 7.93. The first kappa shape index (κ1) is 23.9. The van der Waals surface area contributed by atoms with Crippen molar-refractivity contribution in [2.24, 2.45) is 0 Å². The highest BCUT2D eigenvalue weighted by Crippen LogP contribution is 2.29. The fourth-order valence-corrected chi connectivity index (χ4v) is 5.25. The SMILES string of the molecule is COc1ccccc1NS(=O)(=O)c1cccc(NS(=O)(=O)c2cc(C(=O)O)ccc2OC)c1. The largest absolute Gasteiger partial charge is 0.495 e. The summed E-state index contributed by atoms with van der Waals surface area (Å²) in [5, 5.41) is 9.17. The minimum atomic E-state index is -4.32. The number of anilines is 2. The second kappa shape index (κ2) is 9.38. The van der Waals surface area contributed by atoms with Gasteiger partial charge < -0.3 is 14.6 Å². The Morgan fingerprint density at radius 1 is 0.788 bits per heavy atom. The summed E-state index contributed by atoms with van der Waals surface area (Å²) < 4.78 is 66.4. The number of carbonyl (C=O) groups is 1. The van der Waals surface area contributed by atoms with Crippen LogP contribution in [0.3, 0.4) is 0 Å². The van der Waals surface area contributed by atoms with E-state index in [1.165, 1.54) is 50.6 Å². The molecule has 174 valence electrons. The first-order chi connectivity index (χ1) is 15.6. The average Bonchev–Trinajstić information content (AvgIpc) is 2.78. The number of aromatic carboxylic acids is 1. The van der Waals surface area contributed by atoms with Crippen molar-refractivity contribution in [3.8, 4) is 11.5 Å². The molecule has 12 heteroatoms. The van der Waals surface area contributed by atoms with Gasteiger partial charge in [-0.2, -0.15) is 0 Å². The molecule has 0 atom stereocenters. The zero-order valence-electron chi connectivity index (χ0n) is 17.5. The van der Waals surface area contributed by atoms with Crippen LogP contribution in [0.2, 0.25) is 0 Å². The number of hydrogen-bond acceptors (Lipinski definition) is 7. The maximum atomic E-state index is 12.9. The highest BCUT2D eigenvalue weighted by Gasteiger charge is 2.23. The van der Waals surface area contributed by atoms with Gasteiger partial charge in [0.25, 0.3) is 20.0 Å². The second-order valence-corrected chi connectivity index (χ2v) is 9.94. The van der Waals surface area contributed by atoms with E-state index in [0.717, 1.165) is 12.1 Å². The molecule has 0 unspecified atom stereocenters. The Labute approximate surface area is 190 Å². The lowest BCUT2D eigenvalue weighted by atomic mass is 10.2. The smallest absolute Gasteiger partial charge is 0.335 e. The summed E-state index contributed by atoms with van der Waals surface area (Å²) in [6, 6.07) is 14.9. The van der Waals surface area contributed by atoms with Crippen molar-refractivity contribution < 1.29 is 36.2 Å². The van der Waals surface area contributed by atoms with Crippen LogP contribution in [0.15, 0.2) is 76.5 Å². The fraction of sp³-hybridized carbons (Fsp3) is 0.0952. The van der Waals surface area contributed by atoms with Gasteiger partial charge in [0.15, 0.2) is 0 Å². The number of benzene rings is 3. The standard InChI is InChI=1S/C21H20N2O8S2/c1-30-18-9-4-3-8-17(18)23-32(26,27)16-7-5-6-15(13-16)22-33(28,29)20-12-14(21(24)25)10-11-19(20)31-2/h3-13,22-23H,1-2H3,(H,24,25). The van der Waals surface area contributed by atoms with Crippen molar-refractivity contribution in [2.75, 3.05) is 23.7 Å². The molecule has 0 fully saturated rings. The minimum absolute atomic E-state index is 0.0549. The molecule has 0 spiro atoms. The van der Waals surface area contributed by atoms with Crippen molar-refractivity contribution in [1.82, 2.24) is 0 Å². The van der Waals surface area contributed by atoms with Gasteiger partial charge in [-0.1, -0.05) is 18.2 Å². The molecule has 0 saturated carbocycles. The van der Waals surface area contributed by atoms with Crippen LogP contribution in [-0.2, 0) is 20.0 Å². The van der Waals surface area contributed by atoms with Gasteiger partial charge >= 0.3 is 5.97 Å². The number of nitrogens with one attached hydrogen (secondary N) is 2. The van der Waals surface area contributed by atoms with Crippen LogP contribution in [0.5, 0.6) is 11.5 Å². The maximum absolute atomic E-state index is 12.9. The molecule has 0 aliphatic carbocycles. The van der Waals surface area contributed by atoms with Crippen LogP contribution in [0, 0.1) is 0 Å². The van der Waals surface area contributed by atoms with Gasteiger partial charge in [-0.15, -0.1) is 0 Å². The van der Waals surface area contributed by atoms with Crippen molar-refractivity contribution in [1.29, 1.82) is 0 Å². The third-order valence-corrected chi connectivity index (χ3v) is 7.21. The van der Waals surface area contributed by atoms with E-state index in [-0.39, 0.29) is 27.6 Å². The molecule has 0 aromatic heterocycles. The number of carboxylic acid groups (broad SMARTS) is 1.